The number of imidazole rings is 1. The molecule has 4 rings (SSSR count). The Morgan fingerprint density at radius 2 is 1.61 bits per heavy atom. The number of para-hydroxylation sites is 1. The first-order valence-corrected chi connectivity index (χ1v) is 10.6. The number of rotatable bonds is 8. The molecule has 0 fully saturated rings. The van der Waals surface area contributed by atoms with Gasteiger partial charge in [0.25, 0.3) is 0 Å². The van der Waals surface area contributed by atoms with Crippen molar-refractivity contribution >= 4 is 11.4 Å². The number of ether oxygens (including phenoxy) is 1. The van der Waals surface area contributed by atoms with Crippen molar-refractivity contribution in [3.05, 3.63) is 102 Å². The second-order valence-corrected chi connectivity index (χ2v) is 7.69. The molecule has 1 N–H and O–H groups in total. The highest BCUT2D eigenvalue weighted by Gasteiger charge is 2.29. The van der Waals surface area contributed by atoms with Gasteiger partial charge in [-0.05, 0) is 35.9 Å². The second-order valence-electron chi connectivity index (χ2n) is 7.69. The average molecular weight is 451 g/mol. The fraction of sp³-hybridized carbons (Fsp3) is 0.192. The van der Waals surface area contributed by atoms with E-state index in [1.165, 1.54) is 12.1 Å². The fourth-order valence-electron chi connectivity index (χ4n) is 3.51. The molecule has 0 aliphatic carbocycles. The van der Waals surface area contributed by atoms with Crippen LogP contribution in [0.15, 0.2) is 85.1 Å². The van der Waals surface area contributed by atoms with Crippen LogP contribution in [0.25, 0.3) is 11.3 Å². The van der Waals surface area contributed by atoms with Gasteiger partial charge in [-0.3, -0.25) is 0 Å². The summed E-state index contributed by atoms with van der Waals surface area (Å²) in [7, 11) is 1.94. The van der Waals surface area contributed by atoms with Crippen LogP contribution in [0.2, 0.25) is 0 Å². The Hall–Kier alpha value is -3.58. The van der Waals surface area contributed by atoms with Crippen LogP contribution in [0, 0.1) is 0 Å². The Morgan fingerprint density at radius 1 is 0.909 bits per heavy atom. The number of aryl methyl sites for hydroxylation is 1. The Labute approximate surface area is 190 Å². The summed E-state index contributed by atoms with van der Waals surface area (Å²) in [5, 5.41) is 3.21. The first-order chi connectivity index (χ1) is 15.9. The standard InChI is InChI=1S/C26H24F3N3O/c1-32-17-24(31-25(32)15-16-33-18-19-7-3-2-4-8-19)22-9-5-6-10-23(22)30-21-13-11-20(12-14-21)26(27,28)29/h2-14,17,30H,15-16,18H2,1H3. The topological polar surface area (TPSA) is 39.1 Å². The third kappa shape index (κ3) is 5.81. The zero-order valence-corrected chi connectivity index (χ0v) is 18.1. The molecule has 0 unspecified atom stereocenters. The Balaban J connectivity index is 1.44. The molecule has 170 valence electrons. The van der Waals surface area contributed by atoms with Crippen LogP contribution in [0.5, 0.6) is 0 Å². The number of halogens is 3. The van der Waals surface area contributed by atoms with Gasteiger partial charge in [-0.25, -0.2) is 4.98 Å². The number of nitrogens with one attached hydrogen (secondary N) is 1. The van der Waals surface area contributed by atoms with E-state index in [9.17, 15) is 13.2 Å². The van der Waals surface area contributed by atoms with Gasteiger partial charge in [0, 0.05) is 36.6 Å². The highest BCUT2D eigenvalue weighted by molar-refractivity contribution is 5.79. The summed E-state index contributed by atoms with van der Waals surface area (Å²) in [5.41, 5.74) is 3.43. The van der Waals surface area contributed by atoms with Crippen molar-refractivity contribution < 1.29 is 17.9 Å². The van der Waals surface area contributed by atoms with Crippen LogP contribution in [-0.4, -0.2) is 16.2 Å². The Morgan fingerprint density at radius 3 is 2.33 bits per heavy atom. The number of hydrogen-bond acceptors (Lipinski definition) is 3. The van der Waals surface area contributed by atoms with Gasteiger partial charge in [0.05, 0.1) is 24.5 Å². The van der Waals surface area contributed by atoms with E-state index in [-0.39, 0.29) is 0 Å². The number of nitrogens with zero attached hydrogens (tertiary/aromatic N) is 2. The van der Waals surface area contributed by atoms with Gasteiger partial charge in [0.1, 0.15) is 5.82 Å². The van der Waals surface area contributed by atoms with E-state index in [4.69, 9.17) is 9.72 Å². The number of aromatic nitrogens is 2. The average Bonchev–Trinajstić information content (AvgIpc) is 3.18. The van der Waals surface area contributed by atoms with E-state index in [1.807, 2.05) is 72.4 Å². The minimum atomic E-state index is -4.36. The Kier molecular flexibility index (Phi) is 6.79. The van der Waals surface area contributed by atoms with Crippen LogP contribution >= 0.6 is 0 Å². The molecule has 0 saturated carbocycles. The van der Waals surface area contributed by atoms with Crippen molar-refractivity contribution in [1.82, 2.24) is 9.55 Å². The third-order valence-corrected chi connectivity index (χ3v) is 5.25. The SMILES string of the molecule is Cn1cc(-c2ccccc2Nc2ccc(C(F)(F)F)cc2)nc1CCOCc1ccccc1. The predicted octanol–water partition coefficient (Wildman–Crippen LogP) is 6.61. The van der Waals surface area contributed by atoms with Gasteiger partial charge in [-0.15, -0.1) is 0 Å². The van der Waals surface area contributed by atoms with Gasteiger partial charge in [0.15, 0.2) is 0 Å². The Bertz CT molecular complexity index is 1190. The number of hydrogen-bond donors (Lipinski definition) is 1. The molecule has 3 aromatic carbocycles. The van der Waals surface area contributed by atoms with Crippen molar-refractivity contribution in [3.8, 4) is 11.3 Å². The van der Waals surface area contributed by atoms with Gasteiger partial charge in [-0.2, -0.15) is 13.2 Å². The van der Waals surface area contributed by atoms with E-state index >= 15 is 0 Å². The van der Waals surface area contributed by atoms with Crippen molar-refractivity contribution in [2.45, 2.75) is 19.2 Å². The molecule has 0 bridgehead atoms. The summed E-state index contributed by atoms with van der Waals surface area (Å²) >= 11 is 0. The fourth-order valence-corrected chi connectivity index (χ4v) is 3.51. The summed E-state index contributed by atoms with van der Waals surface area (Å²) < 4.78 is 46.2. The molecule has 0 aliphatic rings. The molecule has 0 spiro atoms. The highest BCUT2D eigenvalue weighted by Crippen LogP contribution is 2.32. The van der Waals surface area contributed by atoms with Crippen molar-refractivity contribution in [3.63, 3.8) is 0 Å². The lowest BCUT2D eigenvalue weighted by Gasteiger charge is -2.12. The van der Waals surface area contributed by atoms with Crippen LogP contribution in [0.3, 0.4) is 0 Å². The first-order valence-electron chi connectivity index (χ1n) is 10.6. The number of benzene rings is 3. The lowest BCUT2D eigenvalue weighted by molar-refractivity contribution is -0.137. The third-order valence-electron chi connectivity index (χ3n) is 5.25. The van der Waals surface area contributed by atoms with Gasteiger partial charge >= 0.3 is 6.18 Å². The van der Waals surface area contributed by atoms with Crippen molar-refractivity contribution in [1.29, 1.82) is 0 Å². The van der Waals surface area contributed by atoms with Crippen LogP contribution < -0.4 is 5.32 Å². The van der Waals surface area contributed by atoms with Crippen LogP contribution in [-0.2, 0) is 31.0 Å². The van der Waals surface area contributed by atoms with E-state index in [2.05, 4.69) is 5.32 Å². The normalized spacial score (nSPS) is 11.5. The molecule has 7 heteroatoms. The summed E-state index contributed by atoms with van der Waals surface area (Å²) in [4.78, 5) is 4.77. The van der Waals surface area contributed by atoms with Gasteiger partial charge in [0.2, 0.25) is 0 Å². The van der Waals surface area contributed by atoms with E-state index in [0.29, 0.717) is 25.3 Å². The lowest BCUT2D eigenvalue weighted by atomic mass is 10.1. The lowest BCUT2D eigenvalue weighted by Crippen LogP contribution is -2.04. The molecule has 4 nitrogen and oxygen atoms in total. The molecule has 0 radical (unpaired) electrons. The molecular weight excluding hydrogens is 427 g/mol. The molecule has 1 aromatic heterocycles. The molecule has 0 aliphatic heterocycles. The summed E-state index contributed by atoms with van der Waals surface area (Å²) in [6, 6.07) is 22.6. The van der Waals surface area contributed by atoms with E-state index in [1.54, 1.807) is 0 Å². The van der Waals surface area contributed by atoms with Crippen LogP contribution in [0.1, 0.15) is 17.0 Å². The molecular formula is C26H24F3N3O. The minimum Gasteiger partial charge on any atom is -0.376 e. The maximum atomic E-state index is 12.8. The van der Waals surface area contributed by atoms with Crippen molar-refractivity contribution in [2.75, 3.05) is 11.9 Å². The molecule has 0 amide bonds. The second kappa shape index (κ2) is 9.92. The summed E-state index contributed by atoms with van der Waals surface area (Å²) in [5.74, 6) is 0.891. The zero-order valence-electron chi connectivity index (χ0n) is 18.1. The van der Waals surface area contributed by atoms with E-state index < -0.39 is 11.7 Å². The maximum Gasteiger partial charge on any atom is 0.416 e. The molecule has 4 aromatic rings. The monoisotopic (exact) mass is 451 g/mol. The van der Waals surface area contributed by atoms with Crippen molar-refractivity contribution in [2.24, 2.45) is 7.05 Å². The molecule has 0 saturated heterocycles. The smallest absolute Gasteiger partial charge is 0.376 e. The summed E-state index contributed by atoms with van der Waals surface area (Å²) in [6.07, 6.45) is -1.75. The zero-order chi connectivity index (χ0) is 23.3. The quantitative estimate of drug-likeness (QED) is 0.307. The number of anilines is 2. The molecule has 33 heavy (non-hydrogen) atoms. The molecule has 0 atom stereocenters. The van der Waals surface area contributed by atoms with Gasteiger partial charge < -0.3 is 14.6 Å². The maximum absolute atomic E-state index is 12.8. The summed E-state index contributed by atoms with van der Waals surface area (Å²) in [6.45, 7) is 1.10. The first kappa shape index (κ1) is 22.6. The van der Waals surface area contributed by atoms with E-state index in [0.717, 1.165) is 40.5 Å². The van der Waals surface area contributed by atoms with Crippen LogP contribution in [0.4, 0.5) is 24.5 Å². The highest BCUT2D eigenvalue weighted by atomic mass is 19.4. The van der Waals surface area contributed by atoms with Gasteiger partial charge in [-0.1, -0.05) is 48.5 Å². The number of alkyl halides is 3. The predicted molar refractivity (Wildman–Crippen MR) is 123 cm³/mol. The largest absolute Gasteiger partial charge is 0.416 e. The minimum absolute atomic E-state index is 0.546. The molecule has 1 heterocycles.